The van der Waals surface area contributed by atoms with Gasteiger partial charge in [0, 0.05) is 49.0 Å². The molecule has 7 rings (SSSR count). The third-order valence-electron chi connectivity index (χ3n) is 9.32. The van der Waals surface area contributed by atoms with E-state index in [2.05, 4.69) is 54.7 Å². The normalized spacial score (nSPS) is 20.8. The lowest BCUT2D eigenvalue weighted by molar-refractivity contribution is 0.0815. The molecule has 2 fully saturated rings. The number of nitrogens with zero attached hydrogens (tertiary/aromatic N) is 6. The minimum absolute atomic E-state index is 0.191. The van der Waals surface area contributed by atoms with E-state index >= 15 is 4.39 Å². The number of H-pyrrole nitrogens is 1. The van der Waals surface area contributed by atoms with Gasteiger partial charge in [-0.05, 0) is 81.6 Å². The van der Waals surface area contributed by atoms with Gasteiger partial charge in [-0.2, -0.15) is 5.10 Å². The number of aromatic amines is 1. The largest absolute Gasteiger partial charge is 0.358 e. The van der Waals surface area contributed by atoms with E-state index in [1.54, 1.807) is 12.4 Å². The summed E-state index contributed by atoms with van der Waals surface area (Å²) < 4.78 is 17.6. The second kappa shape index (κ2) is 11.0. The lowest BCUT2D eigenvalue weighted by Crippen LogP contribution is -2.49. The van der Waals surface area contributed by atoms with Gasteiger partial charge >= 0.3 is 0 Å². The summed E-state index contributed by atoms with van der Waals surface area (Å²) in [4.78, 5) is 17.7. The molecule has 1 aliphatic heterocycles. The van der Waals surface area contributed by atoms with Crippen LogP contribution in [0.2, 0.25) is 0 Å². The number of nitrogens with one attached hydrogen (secondary N) is 1. The van der Waals surface area contributed by atoms with Crippen molar-refractivity contribution in [3.63, 3.8) is 0 Å². The Morgan fingerprint density at radius 1 is 0.902 bits per heavy atom. The summed E-state index contributed by atoms with van der Waals surface area (Å²) >= 11 is 0. The average Bonchev–Trinajstić information content (AvgIpc) is 3.59. The summed E-state index contributed by atoms with van der Waals surface area (Å²) in [7, 11) is 2.21. The number of fused-ring (bicyclic) bond motifs is 2. The van der Waals surface area contributed by atoms with Gasteiger partial charge in [0.2, 0.25) is 0 Å². The Labute approximate surface area is 240 Å². The summed E-state index contributed by atoms with van der Waals surface area (Å²) in [5.74, 6) is -0.191. The molecule has 7 nitrogen and oxygen atoms in total. The SMILES string of the molecule is Cc1ncnc2c1c(-c1ccc(CCc3cc4ccccc4[nH]3)c(F)c1)nn2C1CCC(N2CCN(C)CC2)CC1. The highest BCUT2D eigenvalue weighted by atomic mass is 19.1. The van der Waals surface area contributed by atoms with Gasteiger partial charge in [0.05, 0.1) is 17.1 Å². The Kier molecular flexibility index (Phi) is 7.04. The number of piperazine rings is 1. The van der Waals surface area contributed by atoms with Crippen molar-refractivity contribution in [2.45, 2.75) is 57.5 Å². The first-order valence-corrected chi connectivity index (χ1v) is 15.0. The zero-order valence-electron chi connectivity index (χ0n) is 24.0. The molecule has 1 saturated heterocycles. The number of hydrogen-bond donors (Lipinski definition) is 1. The van der Waals surface area contributed by atoms with Crippen molar-refractivity contribution in [2.24, 2.45) is 0 Å². The smallest absolute Gasteiger partial charge is 0.162 e. The van der Waals surface area contributed by atoms with Crippen molar-refractivity contribution in [3.8, 4) is 11.3 Å². The third kappa shape index (κ3) is 5.15. The van der Waals surface area contributed by atoms with Crippen LogP contribution in [0, 0.1) is 12.7 Å². The van der Waals surface area contributed by atoms with E-state index in [-0.39, 0.29) is 5.82 Å². The number of hydrogen-bond acceptors (Lipinski definition) is 5. The lowest BCUT2D eigenvalue weighted by Gasteiger charge is -2.41. The topological polar surface area (TPSA) is 65.9 Å². The minimum Gasteiger partial charge on any atom is -0.358 e. The number of aromatic nitrogens is 5. The predicted octanol–water partition coefficient (Wildman–Crippen LogP) is 5.94. The highest BCUT2D eigenvalue weighted by Gasteiger charge is 2.30. The van der Waals surface area contributed by atoms with Gasteiger partial charge in [0.1, 0.15) is 17.8 Å². The maximum Gasteiger partial charge on any atom is 0.162 e. The second-order valence-electron chi connectivity index (χ2n) is 11.9. The average molecular weight is 552 g/mol. The quantitative estimate of drug-likeness (QED) is 0.283. The first kappa shape index (κ1) is 26.3. The molecule has 0 spiro atoms. The van der Waals surface area contributed by atoms with Crippen LogP contribution in [0.1, 0.15) is 48.7 Å². The van der Waals surface area contributed by atoms with Gasteiger partial charge in [0.15, 0.2) is 5.65 Å². The molecule has 0 atom stereocenters. The maximum atomic E-state index is 15.5. The fraction of sp³-hybridized carbons (Fsp3) is 0.424. The molecular formula is C33H38FN7. The fourth-order valence-electron chi connectivity index (χ4n) is 6.86. The molecule has 1 saturated carbocycles. The number of rotatable bonds is 6. The highest BCUT2D eigenvalue weighted by molar-refractivity contribution is 5.93. The molecule has 2 aromatic carbocycles. The van der Waals surface area contributed by atoms with Crippen LogP contribution in [-0.4, -0.2) is 73.8 Å². The van der Waals surface area contributed by atoms with Gasteiger partial charge in [0.25, 0.3) is 0 Å². The van der Waals surface area contributed by atoms with Crippen molar-refractivity contribution in [1.29, 1.82) is 0 Å². The second-order valence-corrected chi connectivity index (χ2v) is 11.9. The van der Waals surface area contributed by atoms with Gasteiger partial charge < -0.3 is 9.88 Å². The molecule has 212 valence electrons. The minimum atomic E-state index is -0.191. The Balaban J connectivity index is 1.11. The van der Waals surface area contributed by atoms with Crippen molar-refractivity contribution < 1.29 is 4.39 Å². The maximum absolute atomic E-state index is 15.5. The van der Waals surface area contributed by atoms with E-state index < -0.39 is 0 Å². The molecule has 4 heterocycles. The first-order chi connectivity index (χ1) is 20.0. The summed E-state index contributed by atoms with van der Waals surface area (Å²) in [5.41, 5.74) is 6.25. The van der Waals surface area contributed by atoms with E-state index in [9.17, 15) is 0 Å². The van der Waals surface area contributed by atoms with E-state index in [4.69, 9.17) is 5.10 Å². The van der Waals surface area contributed by atoms with Crippen LogP contribution in [0.25, 0.3) is 33.2 Å². The van der Waals surface area contributed by atoms with E-state index in [0.29, 0.717) is 24.1 Å². The standard InChI is InChI=1S/C33H38FN7/c1-22-31-32(25-8-7-23(29(34)20-25)9-10-26-19-24-5-3-4-6-30(24)37-26)38-41(33(31)36-21-35-22)28-13-11-27(12-14-28)40-17-15-39(2)16-18-40/h3-8,19-21,27-28,37H,9-18H2,1-2H3. The molecule has 0 radical (unpaired) electrons. The lowest BCUT2D eigenvalue weighted by atomic mass is 9.90. The molecule has 0 unspecified atom stereocenters. The highest BCUT2D eigenvalue weighted by Crippen LogP contribution is 2.37. The zero-order chi connectivity index (χ0) is 27.9. The number of benzene rings is 2. The summed E-state index contributed by atoms with van der Waals surface area (Å²) in [5, 5.41) is 7.22. The molecular weight excluding hydrogens is 513 g/mol. The summed E-state index contributed by atoms with van der Waals surface area (Å²) in [6.07, 6.45) is 7.53. The van der Waals surface area contributed by atoms with Crippen LogP contribution in [0.5, 0.6) is 0 Å². The van der Waals surface area contributed by atoms with Gasteiger partial charge in [-0.25, -0.2) is 19.0 Å². The molecule has 1 aliphatic carbocycles. The van der Waals surface area contributed by atoms with Crippen LogP contribution in [0.15, 0.2) is 54.9 Å². The zero-order valence-corrected chi connectivity index (χ0v) is 24.0. The molecule has 5 aromatic rings. The van der Waals surface area contributed by atoms with Crippen LogP contribution in [0.3, 0.4) is 0 Å². The fourth-order valence-corrected chi connectivity index (χ4v) is 6.86. The molecule has 8 heteroatoms. The molecule has 0 bridgehead atoms. The van der Waals surface area contributed by atoms with Gasteiger partial charge in [-0.15, -0.1) is 0 Å². The van der Waals surface area contributed by atoms with Crippen molar-refractivity contribution in [3.05, 3.63) is 77.6 Å². The summed E-state index contributed by atoms with van der Waals surface area (Å²) in [6.45, 7) is 6.63. The van der Waals surface area contributed by atoms with Gasteiger partial charge in [-0.3, -0.25) is 4.90 Å². The van der Waals surface area contributed by atoms with E-state index in [0.717, 1.165) is 84.6 Å². The predicted molar refractivity (Wildman–Crippen MR) is 162 cm³/mol. The van der Waals surface area contributed by atoms with Crippen molar-refractivity contribution in [2.75, 3.05) is 33.2 Å². The molecule has 0 amide bonds. The first-order valence-electron chi connectivity index (χ1n) is 15.0. The van der Waals surface area contributed by atoms with Crippen LogP contribution in [0.4, 0.5) is 4.39 Å². The van der Waals surface area contributed by atoms with Crippen LogP contribution < -0.4 is 0 Å². The Morgan fingerprint density at radius 2 is 1.68 bits per heavy atom. The Morgan fingerprint density at radius 3 is 2.46 bits per heavy atom. The van der Waals surface area contributed by atoms with Gasteiger partial charge in [-0.1, -0.05) is 30.3 Å². The summed E-state index contributed by atoms with van der Waals surface area (Å²) in [6, 6.07) is 16.9. The van der Waals surface area contributed by atoms with Crippen molar-refractivity contribution in [1.82, 2.24) is 34.5 Å². The van der Waals surface area contributed by atoms with Crippen molar-refractivity contribution >= 4 is 21.9 Å². The van der Waals surface area contributed by atoms with Crippen LogP contribution in [-0.2, 0) is 12.8 Å². The number of aryl methyl sites for hydroxylation is 3. The molecule has 41 heavy (non-hydrogen) atoms. The molecule has 3 aromatic heterocycles. The van der Waals surface area contributed by atoms with E-state index in [1.807, 2.05) is 31.2 Å². The molecule has 2 aliphatic rings. The molecule has 1 N–H and O–H groups in total. The third-order valence-corrected chi connectivity index (χ3v) is 9.32. The Bertz CT molecular complexity index is 1640. The van der Waals surface area contributed by atoms with E-state index in [1.165, 1.54) is 18.2 Å². The number of halogens is 1. The Hall–Kier alpha value is -3.62. The number of likely N-dealkylation sites (N-methyl/N-ethyl adjacent to an activating group) is 1. The number of para-hydroxylation sites is 1. The van der Waals surface area contributed by atoms with Crippen LogP contribution >= 0.6 is 0 Å². The monoisotopic (exact) mass is 551 g/mol.